The molecule has 3 nitrogen and oxygen atoms in total. The molecule has 0 bridgehead atoms. The largest absolute Gasteiger partial charge is 0.390 e. The fourth-order valence-electron chi connectivity index (χ4n) is 1.42. The molecule has 0 saturated heterocycles. The maximum absolute atomic E-state index is 9.08. The van der Waals surface area contributed by atoms with Crippen molar-refractivity contribution >= 4 is 15.9 Å². The van der Waals surface area contributed by atoms with Crippen LogP contribution in [0.4, 0.5) is 0 Å². The van der Waals surface area contributed by atoms with Crippen LogP contribution >= 0.6 is 15.9 Å². The topological polar surface area (TPSA) is 38.0 Å². The number of aliphatic hydroxyl groups excluding tert-OH is 1. The first-order valence-electron chi connectivity index (χ1n) is 4.65. The molecule has 0 fully saturated rings. The van der Waals surface area contributed by atoms with Gasteiger partial charge in [-0.15, -0.1) is 0 Å². The zero-order valence-corrected chi connectivity index (χ0v) is 9.68. The van der Waals surface area contributed by atoms with E-state index in [0.717, 1.165) is 15.9 Å². The molecule has 15 heavy (non-hydrogen) atoms. The highest BCUT2D eigenvalue weighted by Gasteiger charge is 2.01. The van der Waals surface area contributed by atoms with E-state index in [-0.39, 0.29) is 6.61 Å². The number of nitrogens with zero attached hydrogens (tertiary/aromatic N) is 2. The first-order valence-corrected chi connectivity index (χ1v) is 5.44. The lowest BCUT2D eigenvalue weighted by atomic mass is 10.3. The van der Waals surface area contributed by atoms with Crippen LogP contribution in [0.25, 0.3) is 0 Å². The van der Waals surface area contributed by atoms with Gasteiger partial charge in [0, 0.05) is 22.6 Å². The number of halogens is 1. The molecule has 0 aliphatic rings. The van der Waals surface area contributed by atoms with Gasteiger partial charge in [-0.25, -0.2) is 0 Å². The third-order valence-electron chi connectivity index (χ3n) is 2.21. The smallest absolute Gasteiger partial charge is 0.0832 e. The summed E-state index contributed by atoms with van der Waals surface area (Å²) in [6, 6.07) is 7.75. The van der Waals surface area contributed by atoms with Crippen LogP contribution in [0.15, 0.2) is 41.1 Å². The molecule has 1 N–H and O–H groups in total. The van der Waals surface area contributed by atoms with Crippen molar-refractivity contribution in [3.8, 4) is 0 Å². The number of aliphatic hydroxyl groups is 1. The Bertz CT molecular complexity index is 436. The average molecular weight is 267 g/mol. The molecule has 0 saturated carbocycles. The molecule has 78 valence electrons. The zero-order valence-electron chi connectivity index (χ0n) is 8.10. The van der Waals surface area contributed by atoms with Crippen LogP contribution in [0, 0.1) is 0 Å². The molecule has 2 heterocycles. The Hall–Kier alpha value is -1.13. The maximum Gasteiger partial charge on any atom is 0.0832 e. The summed E-state index contributed by atoms with van der Waals surface area (Å²) >= 11 is 3.34. The van der Waals surface area contributed by atoms with Gasteiger partial charge in [0.25, 0.3) is 0 Å². The Morgan fingerprint density at radius 3 is 2.87 bits per heavy atom. The minimum Gasteiger partial charge on any atom is -0.390 e. The molecule has 2 aromatic rings. The summed E-state index contributed by atoms with van der Waals surface area (Å²) in [5.74, 6) is 0. The van der Waals surface area contributed by atoms with E-state index in [1.54, 1.807) is 6.20 Å². The Balaban J connectivity index is 2.18. The standard InChI is InChI=1S/C11H11BrN2O/c12-9-3-4-10(13-6-9)7-14-5-1-2-11(14)8-15/h1-6,15H,7-8H2. The zero-order chi connectivity index (χ0) is 10.7. The molecule has 2 aromatic heterocycles. The van der Waals surface area contributed by atoms with E-state index >= 15 is 0 Å². The van der Waals surface area contributed by atoms with Gasteiger partial charge in [0.05, 0.1) is 18.8 Å². The van der Waals surface area contributed by atoms with Crippen molar-refractivity contribution in [1.82, 2.24) is 9.55 Å². The number of aromatic nitrogens is 2. The first kappa shape index (κ1) is 10.4. The highest BCUT2D eigenvalue weighted by molar-refractivity contribution is 9.10. The number of hydrogen-bond acceptors (Lipinski definition) is 2. The van der Waals surface area contributed by atoms with Crippen LogP contribution in [-0.2, 0) is 13.2 Å². The quantitative estimate of drug-likeness (QED) is 0.925. The predicted molar refractivity (Wildman–Crippen MR) is 61.4 cm³/mol. The van der Waals surface area contributed by atoms with Gasteiger partial charge >= 0.3 is 0 Å². The summed E-state index contributed by atoms with van der Waals surface area (Å²) in [6.45, 7) is 0.750. The van der Waals surface area contributed by atoms with Crippen molar-refractivity contribution in [2.24, 2.45) is 0 Å². The second-order valence-corrected chi connectivity index (χ2v) is 4.17. The maximum atomic E-state index is 9.08. The van der Waals surface area contributed by atoms with Crippen LogP contribution in [0.5, 0.6) is 0 Å². The first-order chi connectivity index (χ1) is 7.29. The lowest BCUT2D eigenvalue weighted by Crippen LogP contribution is -2.04. The van der Waals surface area contributed by atoms with Crippen molar-refractivity contribution in [3.05, 3.63) is 52.5 Å². The summed E-state index contributed by atoms with van der Waals surface area (Å²) in [5.41, 5.74) is 1.88. The van der Waals surface area contributed by atoms with Gasteiger partial charge in [-0.2, -0.15) is 0 Å². The average Bonchev–Trinajstić information content (AvgIpc) is 2.69. The van der Waals surface area contributed by atoms with Crippen LogP contribution in [0.1, 0.15) is 11.4 Å². The summed E-state index contributed by atoms with van der Waals surface area (Å²) in [5, 5.41) is 9.08. The normalized spacial score (nSPS) is 10.5. The number of hydrogen-bond donors (Lipinski definition) is 1. The summed E-state index contributed by atoms with van der Waals surface area (Å²) in [6.07, 6.45) is 3.72. The van der Waals surface area contributed by atoms with Crippen molar-refractivity contribution in [1.29, 1.82) is 0 Å². The Labute approximate surface area is 96.5 Å². The van der Waals surface area contributed by atoms with Crippen molar-refractivity contribution in [2.75, 3.05) is 0 Å². The summed E-state index contributed by atoms with van der Waals surface area (Å²) in [7, 11) is 0. The third-order valence-corrected chi connectivity index (χ3v) is 2.68. The molecule has 0 atom stereocenters. The molecule has 0 aromatic carbocycles. The molecule has 0 aliphatic carbocycles. The summed E-state index contributed by atoms with van der Waals surface area (Å²) in [4.78, 5) is 4.28. The van der Waals surface area contributed by atoms with Crippen molar-refractivity contribution in [3.63, 3.8) is 0 Å². The number of pyridine rings is 1. The van der Waals surface area contributed by atoms with Gasteiger partial charge in [-0.1, -0.05) is 0 Å². The van der Waals surface area contributed by atoms with Crippen LogP contribution < -0.4 is 0 Å². The van der Waals surface area contributed by atoms with E-state index in [4.69, 9.17) is 5.11 Å². The van der Waals surface area contributed by atoms with E-state index in [9.17, 15) is 0 Å². The Kier molecular flexibility index (Phi) is 3.18. The highest BCUT2D eigenvalue weighted by atomic mass is 79.9. The second-order valence-electron chi connectivity index (χ2n) is 3.25. The van der Waals surface area contributed by atoms with E-state index in [0.29, 0.717) is 6.54 Å². The Morgan fingerprint density at radius 1 is 1.33 bits per heavy atom. The van der Waals surface area contributed by atoms with Gasteiger partial charge in [-0.05, 0) is 40.2 Å². The minimum absolute atomic E-state index is 0.0591. The van der Waals surface area contributed by atoms with Crippen LogP contribution in [0.3, 0.4) is 0 Å². The predicted octanol–water partition coefficient (Wildman–Crippen LogP) is 2.19. The van der Waals surface area contributed by atoms with Gasteiger partial charge in [0.1, 0.15) is 0 Å². The molecule has 0 spiro atoms. The van der Waals surface area contributed by atoms with Gasteiger partial charge in [0.2, 0.25) is 0 Å². The molecular formula is C11H11BrN2O. The van der Waals surface area contributed by atoms with Crippen molar-refractivity contribution < 1.29 is 5.11 Å². The number of rotatable bonds is 3. The van der Waals surface area contributed by atoms with E-state index in [1.807, 2.05) is 35.0 Å². The van der Waals surface area contributed by atoms with Gasteiger partial charge in [0.15, 0.2) is 0 Å². The van der Waals surface area contributed by atoms with Crippen LogP contribution in [0.2, 0.25) is 0 Å². The lowest BCUT2D eigenvalue weighted by molar-refractivity contribution is 0.271. The molecule has 0 aliphatic heterocycles. The molecule has 4 heteroatoms. The molecular weight excluding hydrogens is 256 g/mol. The highest BCUT2D eigenvalue weighted by Crippen LogP contribution is 2.10. The minimum atomic E-state index is 0.0591. The van der Waals surface area contributed by atoms with Gasteiger partial charge < -0.3 is 9.67 Å². The van der Waals surface area contributed by atoms with Crippen LogP contribution in [-0.4, -0.2) is 14.7 Å². The van der Waals surface area contributed by atoms with Gasteiger partial charge in [-0.3, -0.25) is 4.98 Å². The third kappa shape index (κ3) is 2.46. The second kappa shape index (κ2) is 4.59. The molecule has 0 radical (unpaired) electrons. The molecule has 0 amide bonds. The monoisotopic (exact) mass is 266 g/mol. The van der Waals surface area contributed by atoms with Crippen molar-refractivity contribution in [2.45, 2.75) is 13.2 Å². The van der Waals surface area contributed by atoms with E-state index < -0.39 is 0 Å². The van der Waals surface area contributed by atoms with E-state index in [2.05, 4.69) is 20.9 Å². The lowest BCUT2D eigenvalue weighted by Gasteiger charge is -2.06. The molecule has 2 rings (SSSR count). The molecule has 0 unspecified atom stereocenters. The Morgan fingerprint density at radius 2 is 2.20 bits per heavy atom. The summed E-state index contributed by atoms with van der Waals surface area (Å²) < 4.78 is 2.96. The SMILES string of the molecule is OCc1cccn1Cc1ccc(Br)cn1. The van der Waals surface area contributed by atoms with E-state index in [1.165, 1.54) is 0 Å². The fraction of sp³-hybridized carbons (Fsp3) is 0.182. The fourth-order valence-corrected chi connectivity index (χ4v) is 1.66.